The van der Waals surface area contributed by atoms with Crippen LogP contribution >= 0.6 is 0 Å². The molecular weight excluding hydrogens is 260 g/mol. The van der Waals surface area contributed by atoms with Gasteiger partial charge in [0.1, 0.15) is 11.6 Å². The molecule has 1 amide bonds. The molecule has 0 radical (unpaired) electrons. The van der Waals surface area contributed by atoms with E-state index in [9.17, 15) is 9.59 Å². The van der Waals surface area contributed by atoms with Crippen molar-refractivity contribution < 1.29 is 19.4 Å². The van der Waals surface area contributed by atoms with Crippen LogP contribution in [-0.4, -0.2) is 35.1 Å². The van der Waals surface area contributed by atoms with Crippen molar-refractivity contribution in [3.63, 3.8) is 0 Å². The lowest BCUT2D eigenvalue weighted by Crippen LogP contribution is -2.40. The molecule has 0 saturated heterocycles. The van der Waals surface area contributed by atoms with Gasteiger partial charge in [-0.2, -0.15) is 0 Å². The maximum absolute atomic E-state index is 12.1. The Hall–Kier alpha value is -2.11. The number of nitrogens with zero attached hydrogens (tertiary/aromatic N) is 1. The van der Waals surface area contributed by atoms with Crippen molar-refractivity contribution in [2.45, 2.75) is 39.2 Å². The van der Waals surface area contributed by atoms with Crippen molar-refractivity contribution in [3.05, 3.63) is 23.4 Å². The van der Waals surface area contributed by atoms with Gasteiger partial charge in [-0.25, -0.2) is 9.78 Å². The quantitative estimate of drug-likeness (QED) is 0.794. The van der Waals surface area contributed by atoms with Crippen molar-refractivity contribution in [1.82, 2.24) is 10.3 Å². The number of aliphatic carboxylic acids is 1. The zero-order chi connectivity index (χ0) is 15.1. The van der Waals surface area contributed by atoms with Gasteiger partial charge in [0.25, 0.3) is 5.91 Å². The van der Waals surface area contributed by atoms with E-state index in [1.54, 1.807) is 19.1 Å². The van der Waals surface area contributed by atoms with E-state index in [2.05, 4.69) is 10.3 Å². The second kappa shape index (κ2) is 7.47. The summed E-state index contributed by atoms with van der Waals surface area (Å²) < 4.78 is 5.05. The lowest BCUT2D eigenvalue weighted by Gasteiger charge is -2.15. The summed E-state index contributed by atoms with van der Waals surface area (Å²) >= 11 is 0. The number of aromatic nitrogens is 1. The average molecular weight is 280 g/mol. The number of unbranched alkanes of at least 4 members (excludes halogenated alkanes) is 1. The lowest BCUT2D eigenvalue weighted by atomic mass is 10.1. The third-order valence-electron chi connectivity index (χ3n) is 2.89. The average Bonchev–Trinajstić information content (AvgIpc) is 2.42. The minimum atomic E-state index is -1.04. The number of amides is 1. The van der Waals surface area contributed by atoms with Crippen LogP contribution in [-0.2, 0) is 4.79 Å². The number of carbonyl (C=O) groups is 2. The van der Waals surface area contributed by atoms with Crippen LogP contribution in [0, 0.1) is 6.92 Å². The van der Waals surface area contributed by atoms with E-state index >= 15 is 0 Å². The normalized spacial score (nSPS) is 11.8. The van der Waals surface area contributed by atoms with Crippen LogP contribution in [0.4, 0.5) is 0 Å². The monoisotopic (exact) mass is 280 g/mol. The summed E-state index contributed by atoms with van der Waals surface area (Å²) in [5, 5.41) is 11.6. The highest BCUT2D eigenvalue weighted by Crippen LogP contribution is 2.16. The van der Waals surface area contributed by atoms with E-state index in [0.717, 1.165) is 18.5 Å². The molecule has 1 aromatic rings. The number of carbonyl (C=O) groups excluding carboxylic acids is 1. The molecule has 2 N–H and O–H groups in total. The van der Waals surface area contributed by atoms with Gasteiger partial charge >= 0.3 is 5.97 Å². The Morgan fingerprint density at radius 1 is 1.45 bits per heavy atom. The first-order chi connectivity index (χ1) is 9.49. The van der Waals surface area contributed by atoms with Gasteiger partial charge < -0.3 is 15.2 Å². The summed E-state index contributed by atoms with van der Waals surface area (Å²) in [6, 6.07) is 2.36. The van der Waals surface area contributed by atoms with Crippen LogP contribution in [0.25, 0.3) is 0 Å². The van der Waals surface area contributed by atoms with E-state index in [1.807, 2.05) is 6.92 Å². The van der Waals surface area contributed by atoms with Crippen LogP contribution in [0.5, 0.6) is 5.88 Å². The third-order valence-corrected chi connectivity index (χ3v) is 2.89. The number of hydrogen-bond acceptors (Lipinski definition) is 4. The van der Waals surface area contributed by atoms with E-state index < -0.39 is 17.9 Å². The number of pyridine rings is 1. The molecule has 0 saturated carbocycles. The first-order valence-corrected chi connectivity index (χ1v) is 6.54. The fraction of sp³-hybridized carbons (Fsp3) is 0.500. The second-order valence-corrected chi connectivity index (χ2v) is 4.52. The molecule has 0 aliphatic carbocycles. The number of ether oxygens (including phenoxy) is 1. The van der Waals surface area contributed by atoms with Gasteiger partial charge in [-0.1, -0.05) is 19.8 Å². The fourth-order valence-electron chi connectivity index (χ4n) is 1.76. The molecular formula is C14H20N2O4. The van der Waals surface area contributed by atoms with Crippen molar-refractivity contribution in [3.8, 4) is 5.88 Å². The number of hydrogen-bond donors (Lipinski definition) is 2. The molecule has 1 atom stereocenters. The lowest BCUT2D eigenvalue weighted by molar-refractivity contribution is -0.139. The zero-order valence-corrected chi connectivity index (χ0v) is 12.0. The molecule has 0 aliphatic rings. The molecule has 0 bridgehead atoms. The summed E-state index contributed by atoms with van der Waals surface area (Å²) in [5.41, 5.74) is 0.958. The summed E-state index contributed by atoms with van der Waals surface area (Å²) in [6.07, 6.45) is 2.01. The smallest absolute Gasteiger partial charge is 0.326 e. The van der Waals surface area contributed by atoms with E-state index in [-0.39, 0.29) is 11.4 Å². The highest BCUT2D eigenvalue weighted by Gasteiger charge is 2.22. The van der Waals surface area contributed by atoms with Gasteiger partial charge in [0, 0.05) is 5.69 Å². The first kappa shape index (κ1) is 15.9. The molecule has 0 spiro atoms. The summed E-state index contributed by atoms with van der Waals surface area (Å²) in [7, 11) is 1.42. The van der Waals surface area contributed by atoms with Crippen LogP contribution < -0.4 is 10.1 Å². The van der Waals surface area contributed by atoms with E-state index in [0.29, 0.717) is 6.42 Å². The van der Waals surface area contributed by atoms with Gasteiger partial charge in [0.05, 0.1) is 7.11 Å². The molecule has 6 heteroatoms. The molecule has 0 aliphatic heterocycles. The second-order valence-electron chi connectivity index (χ2n) is 4.52. The Balaban J connectivity index is 2.86. The standard InChI is InChI=1S/C14H20N2O4/c1-4-5-6-11(14(18)19)16-12(17)10-8-7-9(2)15-13(10)20-3/h7-8,11H,4-6H2,1-3H3,(H,16,17)(H,18,19). The van der Waals surface area contributed by atoms with Crippen LogP contribution in [0.15, 0.2) is 12.1 Å². The van der Waals surface area contributed by atoms with Gasteiger partial charge in [-0.15, -0.1) is 0 Å². The fourth-order valence-corrected chi connectivity index (χ4v) is 1.76. The minimum Gasteiger partial charge on any atom is -0.480 e. The van der Waals surface area contributed by atoms with E-state index in [1.165, 1.54) is 7.11 Å². The molecule has 6 nitrogen and oxygen atoms in total. The zero-order valence-electron chi connectivity index (χ0n) is 12.0. The SMILES string of the molecule is CCCCC(NC(=O)c1ccc(C)nc1OC)C(=O)O. The summed E-state index contributed by atoms with van der Waals surface area (Å²) in [4.78, 5) is 27.3. The van der Waals surface area contributed by atoms with Crippen molar-refractivity contribution >= 4 is 11.9 Å². The summed E-state index contributed by atoms with van der Waals surface area (Å²) in [5.74, 6) is -1.33. The Kier molecular flexibility index (Phi) is 5.96. The van der Waals surface area contributed by atoms with Crippen molar-refractivity contribution in [2.24, 2.45) is 0 Å². The first-order valence-electron chi connectivity index (χ1n) is 6.54. The predicted molar refractivity (Wildman–Crippen MR) is 73.9 cm³/mol. The molecule has 0 fully saturated rings. The van der Waals surface area contributed by atoms with Gasteiger partial charge in [-0.3, -0.25) is 4.79 Å². The minimum absolute atomic E-state index is 0.196. The molecule has 1 aromatic heterocycles. The molecule has 0 aromatic carbocycles. The number of nitrogens with one attached hydrogen (secondary N) is 1. The Bertz CT molecular complexity index is 488. The largest absolute Gasteiger partial charge is 0.480 e. The number of aryl methyl sites for hydroxylation is 1. The van der Waals surface area contributed by atoms with Crippen LogP contribution in [0.1, 0.15) is 42.2 Å². The number of carboxylic acids is 1. The van der Waals surface area contributed by atoms with Gasteiger partial charge in [0.2, 0.25) is 5.88 Å². The molecule has 20 heavy (non-hydrogen) atoms. The topological polar surface area (TPSA) is 88.5 Å². The van der Waals surface area contributed by atoms with E-state index in [4.69, 9.17) is 9.84 Å². The maximum Gasteiger partial charge on any atom is 0.326 e. The van der Waals surface area contributed by atoms with Crippen LogP contribution in [0.3, 0.4) is 0 Å². The number of rotatable bonds is 7. The Labute approximate surface area is 118 Å². The Morgan fingerprint density at radius 3 is 2.70 bits per heavy atom. The van der Waals surface area contributed by atoms with Crippen molar-refractivity contribution in [2.75, 3.05) is 7.11 Å². The highest BCUT2D eigenvalue weighted by atomic mass is 16.5. The third kappa shape index (κ3) is 4.22. The highest BCUT2D eigenvalue weighted by molar-refractivity contribution is 5.98. The molecule has 110 valence electrons. The maximum atomic E-state index is 12.1. The number of methoxy groups -OCH3 is 1. The van der Waals surface area contributed by atoms with Crippen molar-refractivity contribution in [1.29, 1.82) is 0 Å². The van der Waals surface area contributed by atoms with Gasteiger partial charge in [0.15, 0.2) is 0 Å². The molecule has 1 unspecified atom stereocenters. The predicted octanol–water partition coefficient (Wildman–Crippen LogP) is 1.77. The molecule has 1 heterocycles. The number of carboxylic acid groups (broad SMARTS) is 1. The van der Waals surface area contributed by atoms with Gasteiger partial charge in [-0.05, 0) is 25.5 Å². The van der Waals surface area contributed by atoms with Crippen LogP contribution in [0.2, 0.25) is 0 Å². The molecule has 1 rings (SSSR count). The Morgan fingerprint density at radius 2 is 2.15 bits per heavy atom. The summed E-state index contributed by atoms with van der Waals surface area (Å²) in [6.45, 7) is 3.75.